The van der Waals surface area contributed by atoms with Crippen molar-refractivity contribution in [1.82, 2.24) is 0 Å². The molecule has 0 fully saturated rings. The minimum absolute atomic E-state index is 0.213. The molecule has 0 amide bonds. The van der Waals surface area contributed by atoms with Crippen molar-refractivity contribution < 1.29 is 4.74 Å². The van der Waals surface area contributed by atoms with Gasteiger partial charge in [-0.3, -0.25) is 0 Å². The summed E-state index contributed by atoms with van der Waals surface area (Å²) in [6.45, 7) is 11.2. The second-order valence-corrected chi connectivity index (χ2v) is 7.33. The van der Waals surface area contributed by atoms with Crippen LogP contribution in [0, 0.1) is 6.92 Å². The number of hydrogen-bond acceptors (Lipinski definition) is 2. The summed E-state index contributed by atoms with van der Waals surface area (Å²) in [4.78, 5) is 0. The Morgan fingerprint density at radius 2 is 2.06 bits per heavy atom. The molecule has 1 aliphatic rings. The molecule has 2 rings (SSSR count). The van der Waals surface area contributed by atoms with Crippen molar-refractivity contribution in [3.05, 3.63) is 28.8 Å². The van der Waals surface area contributed by atoms with Gasteiger partial charge in [-0.05, 0) is 29.9 Å². The first-order valence-electron chi connectivity index (χ1n) is 6.84. The van der Waals surface area contributed by atoms with Gasteiger partial charge in [0.1, 0.15) is 11.2 Å². The van der Waals surface area contributed by atoms with Crippen molar-refractivity contribution in [3.8, 4) is 5.75 Å². The molecule has 1 heterocycles. The maximum absolute atomic E-state index is 6.13. The molecule has 0 radical (unpaired) electrons. The molecule has 1 aromatic carbocycles. The number of thioether (sulfide) groups is 1. The third-order valence-electron chi connectivity index (χ3n) is 3.42. The second-order valence-electron chi connectivity index (χ2n) is 6.18. The summed E-state index contributed by atoms with van der Waals surface area (Å²) >= 11 is 1.94. The number of aryl methyl sites for hydroxylation is 1. The van der Waals surface area contributed by atoms with Gasteiger partial charge in [-0.1, -0.05) is 46.2 Å². The molecular weight excluding hydrogens is 240 g/mol. The monoisotopic (exact) mass is 264 g/mol. The fourth-order valence-corrected chi connectivity index (χ4v) is 3.43. The Kier molecular flexibility index (Phi) is 3.96. The van der Waals surface area contributed by atoms with E-state index in [1.165, 1.54) is 23.1 Å². The van der Waals surface area contributed by atoms with Crippen LogP contribution in [0.4, 0.5) is 0 Å². The molecule has 0 bridgehead atoms. The summed E-state index contributed by atoms with van der Waals surface area (Å²) in [5.74, 6) is 2.23. The first-order valence-corrected chi connectivity index (χ1v) is 7.89. The van der Waals surface area contributed by atoms with Crippen molar-refractivity contribution in [3.63, 3.8) is 0 Å². The molecule has 1 aliphatic heterocycles. The van der Waals surface area contributed by atoms with E-state index in [1.807, 2.05) is 11.8 Å². The van der Waals surface area contributed by atoms with Gasteiger partial charge in [-0.2, -0.15) is 0 Å². The number of rotatable bonds is 2. The van der Waals surface area contributed by atoms with Crippen LogP contribution < -0.4 is 4.74 Å². The number of benzene rings is 1. The molecule has 0 spiro atoms. The minimum atomic E-state index is 0.213. The van der Waals surface area contributed by atoms with E-state index in [0.717, 1.165) is 17.9 Å². The van der Waals surface area contributed by atoms with Gasteiger partial charge in [-0.15, -0.1) is 11.8 Å². The van der Waals surface area contributed by atoms with Gasteiger partial charge in [0, 0.05) is 11.3 Å². The summed E-state index contributed by atoms with van der Waals surface area (Å²) in [5, 5.41) is 0. The molecule has 100 valence electrons. The Hall–Kier alpha value is -0.630. The average molecular weight is 264 g/mol. The van der Waals surface area contributed by atoms with Crippen molar-refractivity contribution in [2.75, 3.05) is 0 Å². The minimum Gasteiger partial charge on any atom is -0.479 e. The summed E-state index contributed by atoms with van der Waals surface area (Å²) in [6.07, 6.45) is 2.33. The van der Waals surface area contributed by atoms with Crippen molar-refractivity contribution in [2.24, 2.45) is 0 Å². The zero-order chi connectivity index (χ0) is 13.3. The lowest BCUT2D eigenvalue weighted by Crippen LogP contribution is -2.20. The Labute approximate surface area is 115 Å². The van der Waals surface area contributed by atoms with Crippen LogP contribution in [0.15, 0.2) is 12.1 Å². The van der Waals surface area contributed by atoms with Crippen LogP contribution in [0.5, 0.6) is 5.75 Å². The fraction of sp³-hybridized carbons (Fsp3) is 0.625. The van der Waals surface area contributed by atoms with E-state index in [0.29, 0.717) is 5.44 Å². The highest BCUT2D eigenvalue weighted by Crippen LogP contribution is 2.40. The Balaban J connectivity index is 2.32. The van der Waals surface area contributed by atoms with Gasteiger partial charge in [0.15, 0.2) is 0 Å². The van der Waals surface area contributed by atoms with Gasteiger partial charge in [0.25, 0.3) is 0 Å². The Morgan fingerprint density at radius 3 is 2.67 bits per heavy atom. The maximum Gasteiger partial charge on any atom is 0.144 e. The summed E-state index contributed by atoms with van der Waals surface area (Å²) in [7, 11) is 0. The zero-order valence-corrected chi connectivity index (χ0v) is 13.0. The molecule has 0 unspecified atom stereocenters. The second kappa shape index (κ2) is 5.16. The molecule has 1 nitrogen and oxygen atoms in total. The fourth-order valence-electron chi connectivity index (χ4n) is 2.28. The lowest BCUT2D eigenvalue weighted by Gasteiger charge is -2.29. The van der Waals surface area contributed by atoms with Gasteiger partial charge in [0.05, 0.1) is 0 Å². The molecule has 18 heavy (non-hydrogen) atoms. The van der Waals surface area contributed by atoms with Crippen molar-refractivity contribution in [1.29, 1.82) is 0 Å². The van der Waals surface area contributed by atoms with Gasteiger partial charge in [-0.25, -0.2) is 0 Å². The van der Waals surface area contributed by atoms with E-state index < -0.39 is 0 Å². The van der Waals surface area contributed by atoms with Crippen LogP contribution in [0.3, 0.4) is 0 Å². The van der Waals surface area contributed by atoms with Crippen LogP contribution in [0.2, 0.25) is 0 Å². The normalized spacial score (nSPS) is 19.3. The van der Waals surface area contributed by atoms with Crippen molar-refractivity contribution >= 4 is 11.8 Å². The first kappa shape index (κ1) is 13.8. The van der Waals surface area contributed by atoms with Crippen LogP contribution in [0.25, 0.3) is 0 Å². The average Bonchev–Trinajstić information content (AvgIpc) is 2.29. The Bertz CT molecular complexity index is 431. The molecule has 2 heteroatoms. The number of ether oxygens (including phenoxy) is 1. The van der Waals surface area contributed by atoms with E-state index in [-0.39, 0.29) is 5.41 Å². The highest BCUT2D eigenvalue weighted by atomic mass is 32.2. The van der Waals surface area contributed by atoms with Crippen molar-refractivity contribution in [2.45, 2.75) is 64.1 Å². The van der Waals surface area contributed by atoms with Gasteiger partial charge < -0.3 is 4.74 Å². The quantitative estimate of drug-likeness (QED) is 0.739. The van der Waals surface area contributed by atoms with E-state index in [2.05, 4.69) is 46.8 Å². The topological polar surface area (TPSA) is 9.23 Å². The predicted molar refractivity (Wildman–Crippen MR) is 80.5 cm³/mol. The van der Waals surface area contributed by atoms with Crippen LogP contribution in [-0.4, -0.2) is 5.44 Å². The number of fused-ring (bicyclic) bond motifs is 1. The highest BCUT2D eigenvalue weighted by molar-refractivity contribution is 7.99. The van der Waals surface area contributed by atoms with E-state index >= 15 is 0 Å². The highest BCUT2D eigenvalue weighted by Gasteiger charge is 2.24. The van der Waals surface area contributed by atoms with Crippen LogP contribution >= 0.6 is 11.8 Å². The maximum atomic E-state index is 6.13. The third-order valence-corrected chi connectivity index (χ3v) is 4.60. The molecule has 0 saturated heterocycles. The summed E-state index contributed by atoms with van der Waals surface area (Å²) < 4.78 is 6.13. The SMILES string of the molecule is CCC[C@@H]1Oc2c(C)cc(C(C)(C)C)cc2CS1. The first-order chi connectivity index (χ1) is 8.41. The molecular formula is C16H24OS. The smallest absolute Gasteiger partial charge is 0.144 e. The van der Waals surface area contributed by atoms with Gasteiger partial charge >= 0.3 is 0 Å². The molecule has 1 atom stereocenters. The van der Waals surface area contributed by atoms with Crippen LogP contribution in [-0.2, 0) is 11.2 Å². The standard InChI is InChI=1S/C16H24OS/c1-6-7-14-17-15-11(2)8-13(16(3,4)5)9-12(15)10-18-14/h8-9,14H,6-7,10H2,1-5H3/t14-/m1/s1. The third kappa shape index (κ3) is 2.85. The number of hydrogen-bond donors (Lipinski definition) is 0. The zero-order valence-electron chi connectivity index (χ0n) is 12.2. The predicted octanol–water partition coefficient (Wildman–Crippen LogP) is 5.04. The molecule has 0 saturated carbocycles. The lowest BCUT2D eigenvalue weighted by molar-refractivity contribution is 0.267. The lowest BCUT2D eigenvalue weighted by atomic mass is 9.85. The summed E-state index contributed by atoms with van der Waals surface area (Å²) in [5.41, 5.74) is 4.64. The van der Waals surface area contributed by atoms with E-state index in [4.69, 9.17) is 4.74 Å². The van der Waals surface area contributed by atoms with E-state index in [9.17, 15) is 0 Å². The largest absolute Gasteiger partial charge is 0.479 e. The van der Waals surface area contributed by atoms with Gasteiger partial charge in [0.2, 0.25) is 0 Å². The summed E-state index contributed by atoms with van der Waals surface area (Å²) in [6, 6.07) is 4.62. The molecule has 1 aromatic rings. The molecule has 0 aromatic heterocycles. The Morgan fingerprint density at radius 1 is 1.33 bits per heavy atom. The molecule has 0 aliphatic carbocycles. The van der Waals surface area contributed by atoms with Crippen LogP contribution in [0.1, 0.15) is 57.2 Å². The molecule has 0 N–H and O–H groups in total. The van der Waals surface area contributed by atoms with E-state index in [1.54, 1.807) is 0 Å².